The molecule has 0 spiro atoms. The van der Waals surface area contributed by atoms with E-state index in [0.717, 1.165) is 23.3 Å². The Labute approximate surface area is 132 Å². The highest BCUT2D eigenvalue weighted by atomic mass is 19.4. The zero-order valence-electron chi connectivity index (χ0n) is 12.6. The largest absolute Gasteiger partial charge is 0.573 e. The van der Waals surface area contributed by atoms with Crippen LogP contribution in [-0.2, 0) is 0 Å². The summed E-state index contributed by atoms with van der Waals surface area (Å²) in [4.78, 5) is 12.2. The summed E-state index contributed by atoms with van der Waals surface area (Å²) in [6, 6.07) is 12.3. The monoisotopic (exact) mass is 323 g/mol. The molecule has 2 aromatic rings. The molecule has 0 heterocycles. The lowest BCUT2D eigenvalue weighted by Gasteiger charge is -2.16. The Kier molecular flexibility index (Phi) is 4.93. The van der Waals surface area contributed by atoms with E-state index in [-0.39, 0.29) is 23.3 Å². The molecular formula is C17H16F3NO2. The zero-order valence-corrected chi connectivity index (χ0v) is 12.6. The smallest absolute Gasteiger partial charge is 0.406 e. The lowest BCUT2D eigenvalue weighted by molar-refractivity contribution is -0.274. The SMILES string of the molecule is Cc1ccccc1[C@@H](C)NC(=O)c1ccc(OC(F)(F)F)cc1. The van der Waals surface area contributed by atoms with Crippen LogP contribution < -0.4 is 10.1 Å². The minimum absolute atomic E-state index is 0.213. The highest BCUT2D eigenvalue weighted by molar-refractivity contribution is 5.94. The second-order valence-electron chi connectivity index (χ2n) is 5.12. The van der Waals surface area contributed by atoms with Gasteiger partial charge in [-0.15, -0.1) is 13.2 Å². The number of amides is 1. The van der Waals surface area contributed by atoms with Crippen LogP contribution in [0.1, 0.15) is 34.5 Å². The fraction of sp³-hybridized carbons (Fsp3) is 0.235. The van der Waals surface area contributed by atoms with Gasteiger partial charge in [0.2, 0.25) is 0 Å². The second-order valence-corrected chi connectivity index (χ2v) is 5.12. The molecule has 0 aliphatic rings. The van der Waals surface area contributed by atoms with Crippen molar-refractivity contribution in [3.05, 3.63) is 65.2 Å². The van der Waals surface area contributed by atoms with E-state index in [1.807, 2.05) is 38.1 Å². The quantitative estimate of drug-likeness (QED) is 0.906. The number of aryl methyl sites for hydroxylation is 1. The van der Waals surface area contributed by atoms with E-state index in [1.54, 1.807) is 0 Å². The number of benzene rings is 2. The summed E-state index contributed by atoms with van der Waals surface area (Å²) in [5.41, 5.74) is 2.30. The van der Waals surface area contributed by atoms with Crippen LogP contribution in [0, 0.1) is 6.92 Å². The maximum atomic E-state index is 12.2. The van der Waals surface area contributed by atoms with Crippen molar-refractivity contribution in [2.24, 2.45) is 0 Å². The second kappa shape index (κ2) is 6.73. The predicted molar refractivity (Wildman–Crippen MR) is 80.2 cm³/mol. The Morgan fingerprint density at radius 1 is 1.09 bits per heavy atom. The molecular weight excluding hydrogens is 307 g/mol. The summed E-state index contributed by atoms with van der Waals surface area (Å²) < 4.78 is 40.1. The van der Waals surface area contributed by atoms with Crippen LogP contribution in [0.4, 0.5) is 13.2 Å². The molecule has 0 saturated carbocycles. The van der Waals surface area contributed by atoms with Gasteiger partial charge in [0.15, 0.2) is 0 Å². The van der Waals surface area contributed by atoms with E-state index in [0.29, 0.717) is 0 Å². The number of rotatable bonds is 4. The Bertz CT molecular complexity index is 681. The topological polar surface area (TPSA) is 38.3 Å². The minimum Gasteiger partial charge on any atom is -0.406 e. The van der Waals surface area contributed by atoms with Gasteiger partial charge >= 0.3 is 6.36 Å². The summed E-state index contributed by atoms with van der Waals surface area (Å²) >= 11 is 0. The summed E-state index contributed by atoms with van der Waals surface area (Å²) in [5.74, 6) is -0.722. The molecule has 0 fully saturated rings. The van der Waals surface area contributed by atoms with Gasteiger partial charge in [0.25, 0.3) is 5.91 Å². The Hall–Kier alpha value is -2.50. The molecule has 1 amide bonds. The number of carbonyl (C=O) groups is 1. The molecule has 3 nitrogen and oxygen atoms in total. The van der Waals surface area contributed by atoms with Gasteiger partial charge in [0.05, 0.1) is 6.04 Å². The van der Waals surface area contributed by atoms with Gasteiger partial charge in [-0.2, -0.15) is 0 Å². The molecule has 0 radical (unpaired) electrons. The molecule has 1 N–H and O–H groups in total. The molecule has 6 heteroatoms. The predicted octanol–water partition coefficient (Wildman–Crippen LogP) is 4.38. The van der Waals surface area contributed by atoms with Gasteiger partial charge in [0, 0.05) is 5.56 Å². The first-order valence-electron chi connectivity index (χ1n) is 6.98. The van der Waals surface area contributed by atoms with Gasteiger partial charge in [-0.25, -0.2) is 0 Å². The molecule has 0 unspecified atom stereocenters. The fourth-order valence-corrected chi connectivity index (χ4v) is 2.24. The lowest BCUT2D eigenvalue weighted by atomic mass is 10.0. The number of ether oxygens (including phenoxy) is 1. The van der Waals surface area contributed by atoms with Crippen molar-refractivity contribution in [3.63, 3.8) is 0 Å². The van der Waals surface area contributed by atoms with Crippen molar-refractivity contribution in [1.82, 2.24) is 5.32 Å². The fourth-order valence-electron chi connectivity index (χ4n) is 2.24. The first kappa shape index (κ1) is 16.9. The van der Waals surface area contributed by atoms with Crippen molar-refractivity contribution in [1.29, 1.82) is 0 Å². The molecule has 0 bridgehead atoms. The third kappa shape index (κ3) is 4.74. The van der Waals surface area contributed by atoms with Crippen LogP contribution in [-0.4, -0.2) is 12.3 Å². The maximum Gasteiger partial charge on any atom is 0.573 e. The van der Waals surface area contributed by atoms with Crippen LogP contribution in [0.2, 0.25) is 0 Å². The highest BCUT2D eigenvalue weighted by Gasteiger charge is 2.31. The molecule has 0 aromatic heterocycles. The van der Waals surface area contributed by atoms with E-state index in [2.05, 4.69) is 10.1 Å². The number of halogens is 3. The summed E-state index contributed by atoms with van der Waals surface area (Å²) in [6.07, 6.45) is -4.75. The van der Waals surface area contributed by atoms with Crippen LogP contribution in [0.25, 0.3) is 0 Å². The molecule has 0 aliphatic heterocycles. The van der Waals surface area contributed by atoms with E-state index in [4.69, 9.17) is 0 Å². The first-order valence-corrected chi connectivity index (χ1v) is 6.98. The van der Waals surface area contributed by atoms with Crippen LogP contribution in [0.3, 0.4) is 0 Å². The molecule has 1 atom stereocenters. The number of hydrogen-bond donors (Lipinski definition) is 1. The third-order valence-corrected chi connectivity index (χ3v) is 3.35. The summed E-state index contributed by atoms with van der Waals surface area (Å²) in [6.45, 7) is 3.79. The Morgan fingerprint density at radius 3 is 2.26 bits per heavy atom. The molecule has 2 rings (SSSR count). The molecule has 0 aliphatic carbocycles. The van der Waals surface area contributed by atoms with Crippen LogP contribution >= 0.6 is 0 Å². The third-order valence-electron chi connectivity index (χ3n) is 3.35. The average molecular weight is 323 g/mol. The van der Waals surface area contributed by atoms with Gasteiger partial charge in [-0.3, -0.25) is 4.79 Å². The Morgan fingerprint density at radius 2 is 1.70 bits per heavy atom. The van der Waals surface area contributed by atoms with Crippen molar-refractivity contribution in [2.75, 3.05) is 0 Å². The van der Waals surface area contributed by atoms with Crippen molar-refractivity contribution in [3.8, 4) is 5.75 Å². The van der Waals surface area contributed by atoms with E-state index in [9.17, 15) is 18.0 Å². The highest BCUT2D eigenvalue weighted by Crippen LogP contribution is 2.23. The van der Waals surface area contributed by atoms with Crippen molar-refractivity contribution < 1.29 is 22.7 Å². The number of alkyl halides is 3. The molecule has 0 saturated heterocycles. The molecule has 2 aromatic carbocycles. The van der Waals surface area contributed by atoms with E-state index >= 15 is 0 Å². The first-order chi connectivity index (χ1) is 10.8. The lowest BCUT2D eigenvalue weighted by Crippen LogP contribution is -2.27. The average Bonchev–Trinajstić information content (AvgIpc) is 2.46. The van der Waals surface area contributed by atoms with Crippen LogP contribution in [0.15, 0.2) is 48.5 Å². The van der Waals surface area contributed by atoms with Crippen LogP contribution in [0.5, 0.6) is 5.75 Å². The summed E-state index contributed by atoms with van der Waals surface area (Å²) in [5, 5.41) is 2.82. The number of carbonyl (C=O) groups excluding carboxylic acids is 1. The van der Waals surface area contributed by atoms with Gasteiger partial charge in [-0.1, -0.05) is 24.3 Å². The van der Waals surface area contributed by atoms with Crippen molar-refractivity contribution >= 4 is 5.91 Å². The zero-order chi connectivity index (χ0) is 17.0. The normalized spacial score (nSPS) is 12.6. The molecule has 23 heavy (non-hydrogen) atoms. The standard InChI is InChI=1S/C17H16F3NO2/c1-11-5-3-4-6-15(11)12(2)21-16(22)13-7-9-14(10-8-13)23-17(18,19)20/h3-10,12H,1-2H3,(H,21,22)/t12-/m1/s1. The van der Waals surface area contributed by atoms with Crippen molar-refractivity contribution in [2.45, 2.75) is 26.3 Å². The number of hydrogen-bond acceptors (Lipinski definition) is 2. The van der Waals surface area contributed by atoms with Gasteiger partial charge in [-0.05, 0) is 49.2 Å². The van der Waals surface area contributed by atoms with Gasteiger partial charge < -0.3 is 10.1 Å². The molecule has 122 valence electrons. The summed E-state index contributed by atoms with van der Waals surface area (Å²) in [7, 11) is 0. The Balaban J connectivity index is 2.05. The van der Waals surface area contributed by atoms with Gasteiger partial charge in [0.1, 0.15) is 5.75 Å². The van der Waals surface area contributed by atoms with E-state index < -0.39 is 6.36 Å². The van der Waals surface area contributed by atoms with E-state index in [1.165, 1.54) is 12.1 Å². The minimum atomic E-state index is -4.75. The maximum absolute atomic E-state index is 12.2. The number of nitrogens with one attached hydrogen (secondary N) is 1.